The highest BCUT2D eigenvalue weighted by Crippen LogP contribution is 2.40. The first-order valence-corrected chi connectivity index (χ1v) is 10.2. The fourth-order valence-corrected chi connectivity index (χ4v) is 3.95. The van der Waals surface area contributed by atoms with Crippen molar-refractivity contribution in [2.24, 2.45) is 0 Å². The zero-order valence-corrected chi connectivity index (χ0v) is 18.5. The summed E-state index contributed by atoms with van der Waals surface area (Å²) >= 11 is 1.41. The van der Waals surface area contributed by atoms with Crippen LogP contribution in [-0.2, 0) is 0 Å². The van der Waals surface area contributed by atoms with Gasteiger partial charge < -0.3 is 14.4 Å². The highest BCUT2D eigenvalue weighted by Gasteiger charge is 2.25. The van der Waals surface area contributed by atoms with Crippen molar-refractivity contribution in [3.05, 3.63) is 30.1 Å². The molecule has 0 N–H and O–H groups in total. The van der Waals surface area contributed by atoms with E-state index in [1.165, 1.54) is 11.3 Å². The molecular formula is C20H27N5O3S. The Morgan fingerprint density at radius 2 is 1.83 bits per heavy atom. The molecule has 0 saturated heterocycles. The summed E-state index contributed by atoms with van der Waals surface area (Å²) in [6, 6.07) is 5.60. The van der Waals surface area contributed by atoms with Crippen LogP contribution in [0.2, 0.25) is 0 Å². The molecule has 0 aliphatic heterocycles. The Morgan fingerprint density at radius 1 is 1.14 bits per heavy atom. The van der Waals surface area contributed by atoms with E-state index in [9.17, 15) is 4.79 Å². The smallest absolute Gasteiger partial charge is 0.280 e. The molecule has 0 atom stereocenters. The van der Waals surface area contributed by atoms with E-state index in [4.69, 9.17) is 14.5 Å². The molecule has 0 bridgehead atoms. The van der Waals surface area contributed by atoms with E-state index >= 15 is 0 Å². The second-order valence-electron chi connectivity index (χ2n) is 7.18. The Hall–Kier alpha value is -2.65. The molecule has 9 heteroatoms. The summed E-state index contributed by atoms with van der Waals surface area (Å²) in [5.74, 6) is 1.17. The summed E-state index contributed by atoms with van der Waals surface area (Å²) in [4.78, 5) is 21.7. The van der Waals surface area contributed by atoms with Crippen LogP contribution in [0, 0.1) is 0 Å². The Kier molecular flexibility index (Phi) is 6.39. The lowest BCUT2D eigenvalue weighted by atomic mass is 10.3. The molecule has 29 heavy (non-hydrogen) atoms. The minimum Gasteiger partial charge on any atom is -0.495 e. The van der Waals surface area contributed by atoms with Gasteiger partial charge in [0.15, 0.2) is 10.8 Å². The number of hydrogen-bond acceptors (Lipinski definition) is 7. The molecule has 3 aromatic rings. The minimum absolute atomic E-state index is 0.178. The zero-order valence-electron chi connectivity index (χ0n) is 17.7. The number of benzene rings is 1. The largest absolute Gasteiger partial charge is 0.495 e. The third-order valence-electron chi connectivity index (χ3n) is 4.50. The summed E-state index contributed by atoms with van der Waals surface area (Å²) in [6.07, 6.45) is 1.83. The van der Waals surface area contributed by atoms with E-state index < -0.39 is 0 Å². The molecule has 0 radical (unpaired) electrons. The molecule has 0 fully saturated rings. The predicted octanol–water partition coefficient (Wildman–Crippen LogP) is 3.30. The number of thiazole rings is 1. The average Bonchev–Trinajstić information content (AvgIpc) is 3.34. The highest BCUT2D eigenvalue weighted by molar-refractivity contribution is 7.22. The van der Waals surface area contributed by atoms with Crippen molar-refractivity contribution in [2.45, 2.75) is 19.9 Å². The maximum absolute atomic E-state index is 13.3. The van der Waals surface area contributed by atoms with E-state index in [1.807, 2.05) is 51.2 Å². The van der Waals surface area contributed by atoms with Gasteiger partial charge in [-0.1, -0.05) is 11.3 Å². The minimum atomic E-state index is -0.178. The first kappa shape index (κ1) is 21.1. The number of ether oxygens (including phenoxy) is 2. The van der Waals surface area contributed by atoms with Gasteiger partial charge >= 0.3 is 0 Å². The maximum Gasteiger partial charge on any atom is 0.280 e. The number of carbonyl (C=O) groups excluding carboxylic acids is 1. The van der Waals surface area contributed by atoms with Crippen LogP contribution in [-0.4, -0.2) is 67.0 Å². The standard InChI is InChI=1S/C20H27N5O3S/c1-13(2)25-10-9-14(22-25)19(26)24(12-11-23(3)4)20-21-17-15(27-5)7-8-16(28-6)18(17)29-20/h7-10,13H,11-12H2,1-6H3. The molecule has 0 aliphatic carbocycles. The Bertz CT molecular complexity index is 954. The van der Waals surface area contributed by atoms with Crippen LogP contribution in [0.15, 0.2) is 24.4 Å². The SMILES string of the molecule is COc1ccc(OC)c2sc(N(CCN(C)C)C(=O)c3ccn(C(C)C)n3)nc12. The number of carbonyl (C=O) groups is 1. The molecule has 2 aromatic heterocycles. The number of hydrogen-bond donors (Lipinski definition) is 0. The number of fused-ring (bicyclic) bond motifs is 1. The van der Waals surface area contributed by atoms with Crippen molar-refractivity contribution in [1.82, 2.24) is 19.7 Å². The van der Waals surface area contributed by atoms with Crippen LogP contribution in [0.25, 0.3) is 10.2 Å². The van der Waals surface area contributed by atoms with Gasteiger partial charge in [0.2, 0.25) is 0 Å². The topological polar surface area (TPSA) is 72.7 Å². The zero-order chi connectivity index (χ0) is 21.1. The van der Waals surface area contributed by atoms with Gasteiger partial charge in [-0.15, -0.1) is 0 Å². The van der Waals surface area contributed by atoms with Gasteiger partial charge in [0, 0.05) is 25.3 Å². The summed E-state index contributed by atoms with van der Waals surface area (Å²) in [5, 5.41) is 5.04. The molecule has 0 spiro atoms. The Labute approximate surface area is 174 Å². The normalized spacial score (nSPS) is 11.4. The Morgan fingerprint density at radius 3 is 2.41 bits per heavy atom. The molecule has 0 aliphatic rings. The highest BCUT2D eigenvalue weighted by atomic mass is 32.1. The van der Waals surface area contributed by atoms with Gasteiger partial charge in [0.25, 0.3) is 5.91 Å². The molecule has 156 valence electrons. The molecule has 0 unspecified atom stereocenters. The number of nitrogens with zero attached hydrogens (tertiary/aromatic N) is 5. The maximum atomic E-state index is 13.3. The van der Waals surface area contributed by atoms with E-state index in [1.54, 1.807) is 29.9 Å². The summed E-state index contributed by atoms with van der Waals surface area (Å²) in [5.41, 5.74) is 1.08. The van der Waals surface area contributed by atoms with E-state index in [0.717, 1.165) is 4.70 Å². The van der Waals surface area contributed by atoms with Crippen molar-refractivity contribution in [1.29, 1.82) is 0 Å². The third kappa shape index (κ3) is 4.35. The molecule has 1 aromatic carbocycles. The number of likely N-dealkylation sites (N-methyl/N-ethyl adjacent to an activating group) is 1. The third-order valence-corrected chi connectivity index (χ3v) is 5.60. The second-order valence-corrected chi connectivity index (χ2v) is 8.16. The van der Waals surface area contributed by atoms with E-state index in [2.05, 4.69) is 5.10 Å². The lowest BCUT2D eigenvalue weighted by Gasteiger charge is -2.21. The van der Waals surface area contributed by atoms with Crippen molar-refractivity contribution in [3.8, 4) is 11.5 Å². The fraction of sp³-hybridized carbons (Fsp3) is 0.450. The van der Waals surface area contributed by atoms with Crippen LogP contribution in [0.3, 0.4) is 0 Å². The lowest BCUT2D eigenvalue weighted by molar-refractivity contribution is 0.0979. The van der Waals surface area contributed by atoms with Crippen LogP contribution >= 0.6 is 11.3 Å². The summed E-state index contributed by atoms with van der Waals surface area (Å²) in [6.45, 7) is 5.24. The molecule has 2 heterocycles. The molecular weight excluding hydrogens is 390 g/mol. The van der Waals surface area contributed by atoms with Crippen molar-refractivity contribution >= 4 is 32.6 Å². The average molecular weight is 418 g/mol. The van der Waals surface area contributed by atoms with Crippen molar-refractivity contribution in [3.63, 3.8) is 0 Å². The van der Waals surface area contributed by atoms with Crippen LogP contribution in [0.1, 0.15) is 30.4 Å². The number of amides is 1. The van der Waals surface area contributed by atoms with Crippen LogP contribution < -0.4 is 14.4 Å². The number of anilines is 1. The van der Waals surface area contributed by atoms with Gasteiger partial charge in [-0.05, 0) is 46.1 Å². The first-order valence-electron chi connectivity index (χ1n) is 9.39. The number of methoxy groups -OCH3 is 2. The van der Waals surface area contributed by atoms with Gasteiger partial charge in [-0.2, -0.15) is 5.10 Å². The van der Waals surface area contributed by atoms with Gasteiger partial charge in [-0.3, -0.25) is 14.4 Å². The second kappa shape index (κ2) is 8.79. The predicted molar refractivity (Wildman–Crippen MR) is 116 cm³/mol. The van der Waals surface area contributed by atoms with Crippen molar-refractivity contribution < 1.29 is 14.3 Å². The molecule has 8 nitrogen and oxygen atoms in total. The molecule has 1 amide bonds. The monoisotopic (exact) mass is 417 g/mol. The van der Waals surface area contributed by atoms with E-state index in [0.29, 0.717) is 40.9 Å². The quantitative estimate of drug-likeness (QED) is 0.560. The first-order chi connectivity index (χ1) is 13.8. The summed E-state index contributed by atoms with van der Waals surface area (Å²) < 4.78 is 13.6. The number of aromatic nitrogens is 3. The Balaban J connectivity index is 2.05. The summed E-state index contributed by atoms with van der Waals surface area (Å²) in [7, 11) is 7.17. The molecule has 0 saturated carbocycles. The van der Waals surface area contributed by atoms with Crippen molar-refractivity contribution in [2.75, 3.05) is 46.3 Å². The number of rotatable bonds is 8. The lowest BCUT2D eigenvalue weighted by Crippen LogP contribution is -2.37. The fourth-order valence-electron chi connectivity index (χ4n) is 2.85. The van der Waals surface area contributed by atoms with Gasteiger partial charge in [0.05, 0.1) is 14.2 Å². The van der Waals surface area contributed by atoms with Crippen LogP contribution in [0.4, 0.5) is 5.13 Å². The van der Waals surface area contributed by atoms with Gasteiger partial charge in [-0.25, -0.2) is 4.98 Å². The molecule has 3 rings (SSSR count). The van der Waals surface area contributed by atoms with Crippen LogP contribution in [0.5, 0.6) is 11.5 Å². The van der Waals surface area contributed by atoms with Gasteiger partial charge in [0.1, 0.15) is 21.7 Å². The van der Waals surface area contributed by atoms with E-state index in [-0.39, 0.29) is 11.9 Å².